The van der Waals surface area contributed by atoms with E-state index in [1.165, 1.54) is 23.6 Å². The van der Waals surface area contributed by atoms with Crippen LogP contribution in [0.3, 0.4) is 0 Å². The van der Waals surface area contributed by atoms with E-state index >= 15 is 0 Å². The zero-order chi connectivity index (χ0) is 12.5. The molecule has 7 heteroatoms. The van der Waals surface area contributed by atoms with Crippen molar-refractivity contribution in [2.75, 3.05) is 0 Å². The second-order valence-electron chi connectivity index (χ2n) is 3.54. The van der Waals surface area contributed by atoms with Crippen LogP contribution in [0.1, 0.15) is 0 Å². The van der Waals surface area contributed by atoms with Crippen LogP contribution < -0.4 is 5.56 Å². The first-order valence-corrected chi connectivity index (χ1v) is 7.47. The van der Waals surface area contributed by atoms with E-state index in [0.717, 1.165) is 15.7 Å². The summed E-state index contributed by atoms with van der Waals surface area (Å²) in [6.45, 7) is 0. The van der Waals surface area contributed by atoms with Crippen molar-refractivity contribution in [2.45, 2.75) is 6.29 Å². The lowest BCUT2D eigenvalue weighted by Gasteiger charge is -2.07. The average molecular weight is 271 g/mol. The number of aromatic nitrogens is 1. The molecule has 2 N–H and O–H groups in total. The van der Waals surface area contributed by atoms with Gasteiger partial charge >= 0.3 is 7.60 Å². The second kappa shape index (κ2) is 4.58. The second-order valence-corrected chi connectivity index (χ2v) is 5.93. The van der Waals surface area contributed by atoms with E-state index in [4.69, 9.17) is 9.79 Å². The minimum absolute atomic E-state index is 0.419. The summed E-state index contributed by atoms with van der Waals surface area (Å²) in [6, 6.07) is 4.92. The molecular weight excluding hydrogens is 261 g/mol. The van der Waals surface area contributed by atoms with E-state index in [0.29, 0.717) is 0 Å². The maximum Gasteiger partial charge on any atom is 0.345 e. The van der Waals surface area contributed by atoms with E-state index < -0.39 is 19.4 Å². The summed E-state index contributed by atoms with van der Waals surface area (Å²) >= 11 is 1.52. The van der Waals surface area contributed by atoms with Crippen LogP contribution in [0, 0.1) is 0 Å². The van der Waals surface area contributed by atoms with E-state index in [2.05, 4.69) is 0 Å². The molecule has 0 atom stereocenters. The van der Waals surface area contributed by atoms with Gasteiger partial charge in [-0.05, 0) is 34.0 Å². The normalized spacial score (nSPS) is 11.6. The van der Waals surface area contributed by atoms with Crippen LogP contribution >= 0.6 is 18.9 Å². The van der Waals surface area contributed by atoms with Gasteiger partial charge < -0.3 is 14.4 Å². The third-order valence-corrected chi connectivity index (χ3v) is 3.54. The summed E-state index contributed by atoms with van der Waals surface area (Å²) in [7, 11) is -4.22. The van der Waals surface area contributed by atoms with Gasteiger partial charge in [0.05, 0.1) is 0 Å². The van der Waals surface area contributed by atoms with Crippen molar-refractivity contribution in [1.82, 2.24) is 4.57 Å². The molecule has 0 aliphatic heterocycles. The first kappa shape index (κ1) is 12.3. The van der Waals surface area contributed by atoms with Gasteiger partial charge in [0.25, 0.3) is 5.56 Å². The number of hydrogen-bond donors (Lipinski definition) is 2. The summed E-state index contributed by atoms with van der Waals surface area (Å²) in [4.78, 5) is 29.2. The van der Waals surface area contributed by atoms with Gasteiger partial charge in [-0.3, -0.25) is 9.36 Å². The van der Waals surface area contributed by atoms with Gasteiger partial charge in [0.1, 0.15) is 6.29 Å². The van der Waals surface area contributed by atoms with Crippen LogP contribution in [0.15, 0.2) is 40.0 Å². The molecule has 2 aromatic rings. The highest BCUT2D eigenvalue weighted by atomic mass is 32.1. The van der Waals surface area contributed by atoms with Crippen LogP contribution in [-0.2, 0) is 10.9 Å². The third-order valence-electron chi connectivity index (χ3n) is 2.19. The summed E-state index contributed by atoms with van der Waals surface area (Å²) in [5.41, 5.74) is 1.26. The number of nitrogens with zero attached hydrogens (tertiary/aromatic N) is 1. The van der Waals surface area contributed by atoms with Gasteiger partial charge in [0, 0.05) is 12.3 Å². The molecule has 0 bridgehead atoms. The standard InChI is InChI=1S/C10H10NO4PS/c12-10-5-8(9-2-4-17-6-9)1-3-11(10)7-16(13,14)15/h1-6H,7H2,(H2,13,14,15). The van der Waals surface area contributed by atoms with Crippen molar-refractivity contribution in [2.24, 2.45) is 0 Å². The maximum absolute atomic E-state index is 11.6. The fourth-order valence-corrected chi connectivity index (χ4v) is 2.73. The third kappa shape index (κ3) is 3.14. The molecule has 0 fully saturated rings. The molecule has 5 nitrogen and oxygen atoms in total. The quantitative estimate of drug-likeness (QED) is 0.833. The van der Waals surface area contributed by atoms with Crippen molar-refractivity contribution >= 4 is 18.9 Å². The van der Waals surface area contributed by atoms with Crippen LogP contribution in [0.4, 0.5) is 0 Å². The molecule has 0 aliphatic carbocycles. The number of thiophene rings is 1. The van der Waals surface area contributed by atoms with Gasteiger partial charge in [-0.25, -0.2) is 0 Å². The summed E-state index contributed by atoms with van der Waals surface area (Å²) < 4.78 is 11.8. The van der Waals surface area contributed by atoms with Crippen molar-refractivity contribution in [3.05, 3.63) is 45.5 Å². The Morgan fingerprint density at radius 3 is 2.59 bits per heavy atom. The Balaban J connectivity index is 2.36. The van der Waals surface area contributed by atoms with E-state index in [-0.39, 0.29) is 0 Å². The zero-order valence-electron chi connectivity index (χ0n) is 8.68. The Bertz CT molecular complexity index is 613. The average Bonchev–Trinajstić information content (AvgIpc) is 2.72. The molecule has 0 saturated carbocycles. The smallest absolute Gasteiger partial charge is 0.323 e. The molecule has 0 aromatic carbocycles. The Labute approximate surface area is 101 Å². The van der Waals surface area contributed by atoms with Gasteiger partial charge in [-0.2, -0.15) is 11.3 Å². The lowest BCUT2D eigenvalue weighted by atomic mass is 10.1. The van der Waals surface area contributed by atoms with E-state index in [9.17, 15) is 9.36 Å². The highest BCUT2D eigenvalue weighted by Gasteiger charge is 2.14. The van der Waals surface area contributed by atoms with Gasteiger partial charge in [0.2, 0.25) is 0 Å². The number of rotatable bonds is 3. The van der Waals surface area contributed by atoms with E-state index in [1.807, 2.05) is 16.8 Å². The summed E-state index contributed by atoms with van der Waals surface area (Å²) in [6.07, 6.45) is 0.810. The fraction of sp³-hybridized carbons (Fsp3) is 0.100. The fourth-order valence-electron chi connectivity index (χ4n) is 1.43. The molecule has 0 radical (unpaired) electrons. The first-order valence-electron chi connectivity index (χ1n) is 4.73. The lowest BCUT2D eigenvalue weighted by molar-refractivity contribution is 0.361. The minimum atomic E-state index is -4.22. The van der Waals surface area contributed by atoms with Crippen molar-refractivity contribution in [3.63, 3.8) is 0 Å². The topological polar surface area (TPSA) is 79.5 Å². The largest absolute Gasteiger partial charge is 0.345 e. The zero-order valence-corrected chi connectivity index (χ0v) is 10.4. The minimum Gasteiger partial charge on any atom is -0.323 e. The van der Waals surface area contributed by atoms with Gasteiger partial charge in [-0.15, -0.1) is 0 Å². The maximum atomic E-state index is 11.6. The molecule has 2 aromatic heterocycles. The van der Waals surface area contributed by atoms with Crippen LogP contribution in [0.25, 0.3) is 11.1 Å². The molecule has 90 valence electrons. The van der Waals surface area contributed by atoms with Crippen molar-refractivity contribution in [3.8, 4) is 11.1 Å². The molecule has 2 heterocycles. The number of hydrogen-bond acceptors (Lipinski definition) is 3. The first-order chi connectivity index (χ1) is 7.96. The highest BCUT2D eigenvalue weighted by molar-refractivity contribution is 7.50. The Hall–Kier alpha value is -1.20. The van der Waals surface area contributed by atoms with Crippen LogP contribution in [0.5, 0.6) is 0 Å². The van der Waals surface area contributed by atoms with Crippen LogP contribution in [0.2, 0.25) is 0 Å². The van der Waals surface area contributed by atoms with Crippen molar-refractivity contribution < 1.29 is 14.4 Å². The molecular formula is C10H10NO4PS. The Morgan fingerprint density at radius 1 is 1.29 bits per heavy atom. The van der Waals surface area contributed by atoms with Crippen LogP contribution in [-0.4, -0.2) is 14.4 Å². The highest BCUT2D eigenvalue weighted by Crippen LogP contribution is 2.35. The van der Waals surface area contributed by atoms with E-state index in [1.54, 1.807) is 6.07 Å². The molecule has 17 heavy (non-hydrogen) atoms. The molecule has 2 rings (SSSR count). The predicted molar refractivity (Wildman–Crippen MR) is 66.1 cm³/mol. The van der Waals surface area contributed by atoms with Gasteiger partial charge in [-0.1, -0.05) is 0 Å². The SMILES string of the molecule is O=c1cc(-c2ccsc2)ccn1CP(=O)(O)O. The molecule has 0 unspecified atom stereocenters. The van der Waals surface area contributed by atoms with Gasteiger partial charge in [0.15, 0.2) is 0 Å². The molecule has 0 saturated heterocycles. The number of pyridine rings is 1. The summed E-state index contributed by atoms with van der Waals surface area (Å²) in [5, 5.41) is 3.80. The Kier molecular flexibility index (Phi) is 3.31. The monoisotopic (exact) mass is 271 g/mol. The molecule has 0 aliphatic rings. The summed E-state index contributed by atoms with van der Waals surface area (Å²) in [5.74, 6) is 0. The predicted octanol–water partition coefficient (Wildman–Crippen LogP) is 1.71. The lowest BCUT2D eigenvalue weighted by Crippen LogP contribution is -2.18. The van der Waals surface area contributed by atoms with Crippen molar-refractivity contribution in [1.29, 1.82) is 0 Å². The Morgan fingerprint density at radius 2 is 2.06 bits per heavy atom. The molecule has 0 amide bonds. The molecule has 0 spiro atoms.